The van der Waals surface area contributed by atoms with Crippen molar-refractivity contribution in [2.24, 2.45) is 7.05 Å². The number of aromatic nitrogens is 4. The molecule has 0 saturated heterocycles. The minimum absolute atomic E-state index is 0.0242. The zero-order chi connectivity index (χ0) is 18.9. The highest BCUT2D eigenvalue weighted by molar-refractivity contribution is 5.84. The Morgan fingerprint density at radius 1 is 1.23 bits per heavy atom. The number of rotatable bonds is 6. The molecule has 26 heavy (non-hydrogen) atoms. The molecule has 0 radical (unpaired) electrons. The Morgan fingerprint density at radius 2 is 1.92 bits per heavy atom. The third-order valence-corrected chi connectivity index (χ3v) is 3.27. The van der Waals surface area contributed by atoms with Gasteiger partial charge in [0.2, 0.25) is 5.95 Å². The second kappa shape index (κ2) is 9.47. The molecule has 0 aliphatic heterocycles. The number of hydrogen-bond donors (Lipinski definition) is 3. The predicted octanol–water partition coefficient (Wildman–Crippen LogP) is 2.87. The van der Waals surface area contributed by atoms with E-state index in [-0.39, 0.29) is 12.4 Å². The largest absolute Gasteiger partial charge is 0.395 e. The minimum atomic E-state index is -0.333. The second-order valence-corrected chi connectivity index (χ2v) is 5.59. The number of aliphatic hydroxyl groups is 1. The van der Waals surface area contributed by atoms with Gasteiger partial charge in [-0.3, -0.25) is 0 Å². The van der Waals surface area contributed by atoms with Gasteiger partial charge in [0.25, 0.3) is 0 Å². The second-order valence-electron chi connectivity index (χ2n) is 5.59. The fourth-order valence-corrected chi connectivity index (χ4v) is 2.21. The molecule has 8 heteroatoms. The van der Waals surface area contributed by atoms with Crippen LogP contribution in [0.15, 0.2) is 49.1 Å². The van der Waals surface area contributed by atoms with Gasteiger partial charge < -0.3 is 20.3 Å². The van der Waals surface area contributed by atoms with E-state index in [0.29, 0.717) is 30.5 Å². The van der Waals surface area contributed by atoms with Crippen molar-refractivity contribution in [3.63, 3.8) is 0 Å². The summed E-state index contributed by atoms with van der Waals surface area (Å²) in [5, 5.41) is 15.2. The highest BCUT2D eigenvalue weighted by Crippen LogP contribution is 2.21. The van der Waals surface area contributed by atoms with Crippen LogP contribution < -0.4 is 10.6 Å². The maximum Gasteiger partial charge on any atom is 0.226 e. The van der Waals surface area contributed by atoms with Crippen LogP contribution in [-0.4, -0.2) is 37.8 Å². The predicted molar refractivity (Wildman–Crippen MR) is 102 cm³/mol. The van der Waals surface area contributed by atoms with Crippen LogP contribution in [0.1, 0.15) is 12.5 Å². The number of nitrogens with one attached hydrogen (secondary N) is 2. The van der Waals surface area contributed by atoms with Gasteiger partial charge in [-0.2, -0.15) is 9.97 Å². The number of imidazole rings is 1. The number of hydrogen-bond acceptors (Lipinski definition) is 6. The summed E-state index contributed by atoms with van der Waals surface area (Å²) in [4.78, 5) is 13.1. The maximum absolute atomic E-state index is 10.8. The van der Waals surface area contributed by atoms with Crippen molar-refractivity contribution in [1.29, 1.82) is 0 Å². The number of fused-ring (bicyclic) bond motifs is 1. The topological polar surface area (TPSA) is 87.9 Å². The molecule has 0 amide bonds. The van der Waals surface area contributed by atoms with E-state index in [2.05, 4.69) is 44.3 Å². The zero-order valence-electron chi connectivity index (χ0n) is 14.9. The Labute approximate surface area is 151 Å². The fraction of sp³-hybridized carbons (Fsp3) is 0.278. The van der Waals surface area contributed by atoms with Gasteiger partial charge in [-0.25, -0.2) is 9.37 Å². The Hall–Kier alpha value is -3.00. The van der Waals surface area contributed by atoms with Crippen LogP contribution >= 0.6 is 0 Å². The molecule has 2 heterocycles. The number of halogens is 1. The first-order valence-corrected chi connectivity index (χ1v) is 8.14. The maximum atomic E-state index is 10.8. The summed E-state index contributed by atoms with van der Waals surface area (Å²) in [6.07, 6.45) is 1.71. The molecule has 0 bridgehead atoms. The van der Waals surface area contributed by atoms with E-state index in [4.69, 9.17) is 5.11 Å². The minimum Gasteiger partial charge on any atom is -0.395 e. The van der Waals surface area contributed by atoms with Gasteiger partial charge in [0.15, 0.2) is 11.5 Å². The average Bonchev–Trinajstić information content (AvgIpc) is 2.99. The van der Waals surface area contributed by atoms with Crippen LogP contribution in [0.3, 0.4) is 0 Å². The molecule has 0 aliphatic rings. The Balaban J connectivity index is 0.000000552. The number of anilines is 2. The molecular formula is C18H23FN6O. The first kappa shape index (κ1) is 19.3. The van der Waals surface area contributed by atoms with Gasteiger partial charge in [-0.15, -0.1) is 0 Å². The molecule has 0 saturated carbocycles. The van der Waals surface area contributed by atoms with Gasteiger partial charge in [0, 0.05) is 20.1 Å². The molecule has 138 valence electrons. The molecule has 0 fully saturated rings. The van der Waals surface area contributed by atoms with E-state index < -0.39 is 0 Å². The molecule has 3 aromatic rings. The van der Waals surface area contributed by atoms with Gasteiger partial charge in [-0.1, -0.05) is 36.9 Å². The highest BCUT2D eigenvalue weighted by Gasteiger charge is 2.11. The average molecular weight is 358 g/mol. The summed E-state index contributed by atoms with van der Waals surface area (Å²) >= 11 is 0. The summed E-state index contributed by atoms with van der Waals surface area (Å²) in [7, 11) is 1.91. The molecule has 1 aromatic carbocycles. The van der Waals surface area contributed by atoms with Crippen molar-refractivity contribution < 1.29 is 9.50 Å². The van der Waals surface area contributed by atoms with E-state index in [1.165, 1.54) is 12.5 Å². The monoisotopic (exact) mass is 358 g/mol. The number of aryl methyl sites for hydroxylation is 1. The van der Waals surface area contributed by atoms with Gasteiger partial charge in [0.1, 0.15) is 5.52 Å². The molecule has 3 N–H and O–H groups in total. The number of allylic oxidation sites excluding steroid dienone is 1. The van der Waals surface area contributed by atoms with Gasteiger partial charge >= 0.3 is 0 Å². The van der Waals surface area contributed by atoms with Crippen LogP contribution in [0.25, 0.3) is 11.2 Å². The molecule has 2 aromatic heterocycles. The number of nitrogens with zero attached hydrogens (tertiary/aromatic N) is 4. The smallest absolute Gasteiger partial charge is 0.226 e. The summed E-state index contributed by atoms with van der Waals surface area (Å²) in [6.45, 7) is 5.28. The molecule has 0 atom stereocenters. The molecule has 3 rings (SSSR count). The molecule has 0 aliphatic carbocycles. The molecule has 7 nitrogen and oxygen atoms in total. The lowest BCUT2D eigenvalue weighted by molar-refractivity contribution is 0.311. The molecule has 0 unspecified atom stereocenters. The lowest BCUT2D eigenvalue weighted by Gasteiger charge is -2.10. The normalized spacial score (nSPS) is 10.2. The van der Waals surface area contributed by atoms with E-state index in [0.717, 1.165) is 5.52 Å². The van der Waals surface area contributed by atoms with E-state index in [1.54, 1.807) is 6.33 Å². The van der Waals surface area contributed by atoms with Crippen LogP contribution in [0, 0.1) is 0 Å². The van der Waals surface area contributed by atoms with Crippen molar-refractivity contribution in [1.82, 2.24) is 19.5 Å². The Kier molecular flexibility index (Phi) is 7.04. The number of aliphatic hydroxyl groups excluding tert-OH is 1. The summed E-state index contributed by atoms with van der Waals surface area (Å²) in [6, 6.07) is 10.1. The van der Waals surface area contributed by atoms with Gasteiger partial charge in [0.05, 0.1) is 18.8 Å². The van der Waals surface area contributed by atoms with E-state index >= 15 is 0 Å². The van der Waals surface area contributed by atoms with Crippen LogP contribution in [-0.2, 0) is 13.6 Å². The fourth-order valence-electron chi connectivity index (χ4n) is 2.21. The number of benzene rings is 1. The van der Waals surface area contributed by atoms with Gasteiger partial charge in [-0.05, 0) is 12.5 Å². The van der Waals surface area contributed by atoms with Crippen molar-refractivity contribution in [2.45, 2.75) is 13.5 Å². The summed E-state index contributed by atoms with van der Waals surface area (Å²) in [5.74, 6) is 0.838. The van der Waals surface area contributed by atoms with Crippen LogP contribution in [0.2, 0.25) is 0 Å². The van der Waals surface area contributed by atoms with Crippen LogP contribution in [0.4, 0.5) is 16.2 Å². The third kappa shape index (κ3) is 5.52. The lowest BCUT2D eigenvalue weighted by Crippen LogP contribution is -2.11. The molecule has 0 spiro atoms. The van der Waals surface area contributed by atoms with Crippen molar-refractivity contribution in [3.8, 4) is 0 Å². The van der Waals surface area contributed by atoms with Crippen LogP contribution in [0.5, 0.6) is 0 Å². The first-order valence-electron chi connectivity index (χ1n) is 8.14. The van der Waals surface area contributed by atoms with Crippen molar-refractivity contribution >= 4 is 22.9 Å². The quantitative estimate of drug-likeness (QED) is 0.628. The lowest BCUT2D eigenvalue weighted by atomic mass is 10.2. The Morgan fingerprint density at radius 3 is 2.58 bits per heavy atom. The van der Waals surface area contributed by atoms with E-state index in [1.807, 2.05) is 29.8 Å². The Bertz CT molecular complexity index is 846. The summed E-state index contributed by atoms with van der Waals surface area (Å²) in [5.41, 5.74) is 2.64. The SMILES string of the molecule is C=C(C)F.Cn1cnc2nc(NCCO)nc(NCc3ccccc3)c21. The third-order valence-electron chi connectivity index (χ3n) is 3.27. The van der Waals surface area contributed by atoms with Crippen molar-refractivity contribution in [3.05, 3.63) is 54.6 Å². The standard InChI is InChI=1S/C15H18N6O.C3H5F/c1-21-10-18-14-12(21)13(19-15(20-14)16-7-8-22)17-9-11-5-3-2-4-6-11;1-3(2)4/h2-6,10,22H,7-9H2,1H3,(H2,16,17,19,20);1H2,2H3. The van der Waals surface area contributed by atoms with E-state index in [9.17, 15) is 4.39 Å². The highest BCUT2D eigenvalue weighted by atomic mass is 19.1. The summed E-state index contributed by atoms with van der Waals surface area (Å²) < 4.78 is 12.7. The molecular weight excluding hydrogens is 335 g/mol. The van der Waals surface area contributed by atoms with Crippen molar-refractivity contribution in [2.75, 3.05) is 23.8 Å². The zero-order valence-corrected chi connectivity index (χ0v) is 14.9. The first-order chi connectivity index (χ1) is 12.5.